The van der Waals surface area contributed by atoms with Gasteiger partial charge in [0.2, 0.25) is 12.1 Å². The van der Waals surface area contributed by atoms with Gasteiger partial charge in [0.05, 0.1) is 24.8 Å². The summed E-state index contributed by atoms with van der Waals surface area (Å²) < 4.78 is 20.0. The molecule has 10 nitrogen and oxygen atoms in total. The maximum Gasteiger partial charge on any atom is 0.254 e. The van der Waals surface area contributed by atoms with E-state index in [0.717, 1.165) is 66.9 Å². The number of phenols is 1. The number of aliphatic hydroxyl groups is 2. The minimum Gasteiger partial charge on any atom is -0.508 e. The number of benzene rings is 3. The molecule has 7 unspecified atom stereocenters. The smallest absolute Gasteiger partial charge is 0.254 e. The number of amides is 1. The van der Waals surface area contributed by atoms with Crippen molar-refractivity contribution in [1.82, 2.24) is 4.90 Å². The van der Waals surface area contributed by atoms with E-state index in [1.165, 1.54) is 0 Å². The number of phenolic OH excluding ortho intramolecular Hbond substituents is 1. The Morgan fingerprint density at radius 2 is 1.81 bits per heavy atom. The van der Waals surface area contributed by atoms with Crippen LogP contribution >= 0.6 is 0 Å². The van der Waals surface area contributed by atoms with Crippen molar-refractivity contribution in [2.24, 2.45) is 22.9 Å². The molecule has 3 N–H and O–H groups in total. The quantitative estimate of drug-likeness (QED) is 0.0832. The lowest BCUT2D eigenvalue weighted by Gasteiger charge is -2.59. The number of oxime groups is 1. The molecule has 2 heterocycles. The van der Waals surface area contributed by atoms with Crippen molar-refractivity contribution in [2.75, 3.05) is 33.5 Å². The van der Waals surface area contributed by atoms with Crippen LogP contribution in [0, 0.1) is 17.8 Å². The average molecular weight is 739 g/mol. The number of allylic oxidation sites excluding steroid dienone is 1. The molecule has 3 aromatic carbocycles. The molecule has 0 radical (unpaired) electrons. The number of hydrogen-bond donors (Lipinski definition) is 3. The first-order chi connectivity index (χ1) is 26.4. The highest BCUT2D eigenvalue weighted by Crippen LogP contribution is 2.61. The van der Waals surface area contributed by atoms with Crippen molar-refractivity contribution >= 4 is 22.4 Å². The molecular weight excluding hydrogens is 684 g/mol. The molecule has 10 heteroatoms. The van der Waals surface area contributed by atoms with Crippen LogP contribution in [-0.4, -0.2) is 83.4 Å². The van der Waals surface area contributed by atoms with Crippen LogP contribution in [-0.2, 0) is 14.3 Å². The molecule has 1 amide bonds. The number of nitrogens with zero attached hydrogens (tertiary/aromatic N) is 2. The van der Waals surface area contributed by atoms with E-state index in [0.29, 0.717) is 42.9 Å². The molecule has 0 bridgehead atoms. The molecular formula is C44H54N2O8. The number of aliphatic hydroxyl groups excluding tert-OH is 2. The van der Waals surface area contributed by atoms with Crippen molar-refractivity contribution < 1.29 is 39.2 Å². The maximum atomic E-state index is 14.7. The fraction of sp³-hybridized carbons (Fsp3) is 0.500. The van der Waals surface area contributed by atoms with Crippen LogP contribution < -0.4 is 4.74 Å². The summed E-state index contributed by atoms with van der Waals surface area (Å²) in [6.45, 7) is 5.00. The number of carbonyl (C=O) groups excluding carboxylic acids is 1. The summed E-state index contributed by atoms with van der Waals surface area (Å²) in [6.07, 6.45) is 11.2. The minimum atomic E-state index is -1.36. The van der Waals surface area contributed by atoms with E-state index >= 15 is 0 Å². The van der Waals surface area contributed by atoms with E-state index < -0.39 is 24.0 Å². The Labute approximate surface area is 318 Å². The van der Waals surface area contributed by atoms with E-state index in [1.54, 1.807) is 29.2 Å². The zero-order chi connectivity index (χ0) is 37.7. The molecule has 2 aliphatic heterocycles. The zero-order valence-electron chi connectivity index (χ0n) is 31.3. The van der Waals surface area contributed by atoms with Crippen molar-refractivity contribution in [3.05, 3.63) is 96.1 Å². The Kier molecular flexibility index (Phi) is 12.0. The number of ether oxygens (including phenoxy) is 3. The second-order valence-electron chi connectivity index (χ2n) is 15.2. The largest absolute Gasteiger partial charge is 0.508 e. The van der Waals surface area contributed by atoms with Crippen molar-refractivity contribution in [1.29, 1.82) is 0 Å². The van der Waals surface area contributed by atoms with Gasteiger partial charge in [-0.2, -0.15) is 0 Å². The van der Waals surface area contributed by atoms with Crippen LogP contribution in [0.1, 0.15) is 86.0 Å². The second-order valence-corrected chi connectivity index (χ2v) is 15.2. The fourth-order valence-electron chi connectivity index (χ4n) is 9.32. The van der Waals surface area contributed by atoms with E-state index in [9.17, 15) is 20.1 Å². The predicted molar refractivity (Wildman–Crippen MR) is 207 cm³/mol. The normalized spacial score (nSPS) is 28.1. The summed E-state index contributed by atoms with van der Waals surface area (Å²) in [7, 11) is 1.81. The first kappa shape index (κ1) is 38.1. The van der Waals surface area contributed by atoms with Gasteiger partial charge >= 0.3 is 0 Å². The third-order valence-corrected chi connectivity index (χ3v) is 11.9. The van der Waals surface area contributed by atoms with Crippen molar-refractivity contribution in [3.8, 4) is 11.5 Å². The highest BCUT2D eigenvalue weighted by atomic mass is 16.8. The molecule has 1 saturated heterocycles. The van der Waals surface area contributed by atoms with Gasteiger partial charge in [0, 0.05) is 50.1 Å². The van der Waals surface area contributed by atoms with Gasteiger partial charge in [-0.25, -0.2) is 0 Å². The van der Waals surface area contributed by atoms with Gasteiger partial charge < -0.3 is 39.3 Å². The molecule has 7 rings (SSSR count). The SMILES string of the molecule is C=CCOC12Oc3ccc(O)cc3C3C(CCCCO)C(CCCCO)C=C(C(=NOC4CCCCO4)CC1N(C)C(=O)c1ccc4ccccc4c1)C32. The fourth-order valence-corrected chi connectivity index (χ4v) is 9.32. The van der Waals surface area contributed by atoms with Gasteiger partial charge in [0.25, 0.3) is 5.91 Å². The lowest BCUT2D eigenvalue weighted by atomic mass is 9.55. The monoisotopic (exact) mass is 738 g/mol. The molecule has 1 saturated carbocycles. The van der Waals surface area contributed by atoms with Crippen LogP contribution in [0.2, 0.25) is 0 Å². The molecule has 3 aromatic rings. The standard InChI is InChI=1S/C44H54N2O8/c1-3-23-52-44-39(46(2)43(50)32-18-17-29-12-4-5-13-30(29)25-32)28-37(45-54-40-16-8-11-24-51-40)35-26-31(14-6-9-21-47)34(15-7-10-22-48)41(42(35)44)36-27-33(49)19-20-38(36)53-44/h3-5,12-13,17-20,25-27,31,34,39-42,47-49H,1,6-11,14-16,21-24,28H2,2H3. The van der Waals surface area contributed by atoms with E-state index in [1.807, 2.05) is 49.5 Å². The van der Waals surface area contributed by atoms with Gasteiger partial charge in [0.15, 0.2) is 0 Å². The lowest BCUT2D eigenvalue weighted by molar-refractivity contribution is -0.252. The second kappa shape index (κ2) is 17.1. The topological polar surface area (TPSA) is 130 Å². The van der Waals surface area contributed by atoms with Gasteiger partial charge in [-0.1, -0.05) is 60.5 Å². The third-order valence-electron chi connectivity index (χ3n) is 11.9. The first-order valence-corrected chi connectivity index (χ1v) is 19.7. The van der Waals surface area contributed by atoms with Crippen molar-refractivity contribution in [3.63, 3.8) is 0 Å². The van der Waals surface area contributed by atoms with E-state index in [4.69, 9.17) is 24.2 Å². The summed E-state index contributed by atoms with van der Waals surface area (Å²) in [5.74, 6) is -1.27. The Bertz CT molecular complexity index is 1850. The molecule has 288 valence electrons. The van der Waals surface area contributed by atoms with Crippen LogP contribution in [0.4, 0.5) is 0 Å². The van der Waals surface area contributed by atoms with Crippen LogP contribution in [0.5, 0.6) is 11.5 Å². The highest BCUT2D eigenvalue weighted by Gasteiger charge is 2.65. The summed E-state index contributed by atoms with van der Waals surface area (Å²) >= 11 is 0. The van der Waals surface area contributed by atoms with Crippen LogP contribution in [0.3, 0.4) is 0 Å². The highest BCUT2D eigenvalue weighted by molar-refractivity contribution is 6.04. The molecule has 0 spiro atoms. The molecule has 0 aromatic heterocycles. The lowest BCUT2D eigenvalue weighted by Crippen LogP contribution is -2.69. The number of fused-ring (bicyclic) bond motifs is 3. The van der Waals surface area contributed by atoms with Gasteiger partial charge in [-0.05, 0) is 97.0 Å². The number of unbranched alkanes of at least 4 members (excludes halogenated alkanes) is 2. The minimum absolute atomic E-state index is 0.0734. The average Bonchev–Trinajstić information content (AvgIpc) is 3.20. The zero-order valence-corrected chi connectivity index (χ0v) is 31.3. The molecule has 54 heavy (non-hydrogen) atoms. The van der Waals surface area contributed by atoms with Crippen LogP contribution in [0.25, 0.3) is 10.8 Å². The summed E-state index contributed by atoms with van der Waals surface area (Å²) in [5.41, 5.74) is 3.09. The van der Waals surface area contributed by atoms with Gasteiger partial charge in [-0.15, -0.1) is 6.58 Å². The van der Waals surface area contributed by atoms with E-state index in [2.05, 4.69) is 12.7 Å². The maximum absolute atomic E-state index is 14.7. The Hall–Kier alpha value is -4.22. The Balaban J connectivity index is 1.40. The number of rotatable bonds is 15. The summed E-state index contributed by atoms with van der Waals surface area (Å²) in [6, 6.07) is 18.3. The number of carbonyl (C=O) groups is 1. The van der Waals surface area contributed by atoms with Crippen molar-refractivity contribution in [2.45, 2.75) is 88.2 Å². The number of aromatic hydroxyl groups is 1. The van der Waals surface area contributed by atoms with E-state index in [-0.39, 0.29) is 49.2 Å². The molecule has 2 fully saturated rings. The number of hydrogen-bond acceptors (Lipinski definition) is 9. The third kappa shape index (κ3) is 7.54. The Morgan fingerprint density at radius 3 is 2.57 bits per heavy atom. The van der Waals surface area contributed by atoms with Gasteiger partial charge in [-0.3, -0.25) is 4.79 Å². The summed E-state index contributed by atoms with van der Waals surface area (Å²) in [5, 5.41) is 37.4. The first-order valence-electron chi connectivity index (χ1n) is 19.7. The predicted octanol–water partition coefficient (Wildman–Crippen LogP) is 7.48. The van der Waals surface area contributed by atoms with Crippen LogP contribution in [0.15, 0.2) is 90.1 Å². The van der Waals surface area contributed by atoms with Gasteiger partial charge in [0.1, 0.15) is 17.5 Å². The Morgan fingerprint density at radius 1 is 1.02 bits per heavy atom. The summed E-state index contributed by atoms with van der Waals surface area (Å²) in [4.78, 5) is 22.6. The number of likely N-dealkylation sites (N-methyl/N-ethyl adjacent to an activating group) is 1. The molecule has 2 aliphatic carbocycles. The molecule has 4 aliphatic rings. The molecule has 7 atom stereocenters.